The zero-order valence-corrected chi connectivity index (χ0v) is 11.8. The molecular formula is C14H20N2OS. The van der Waals surface area contributed by atoms with Crippen molar-refractivity contribution in [3.8, 4) is 0 Å². The number of carbonyl (C=O) groups excluding carboxylic acids is 1. The monoisotopic (exact) mass is 264 g/mol. The van der Waals surface area contributed by atoms with E-state index >= 15 is 0 Å². The smallest absolute Gasteiger partial charge is 0.264 e. The van der Waals surface area contributed by atoms with Crippen molar-refractivity contribution < 1.29 is 4.79 Å². The number of nitrogens with zero attached hydrogens (tertiary/aromatic N) is 1. The first kappa shape index (κ1) is 12.2. The largest absolute Gasteiger partial charge is 0.335 e. The molecule has 2 aliphatic rings. The Bertz CT molecular complexity index is 456. The predicted molar refractivity (Wildman–Crippen MR) is 74.0 cm³/mol. The van der Waals surface area contributed by atoms with Crippen molar-refractivity contribution in [3.63, 3.8) is 0 Å². The van der Waals surface area contributed by atoms with Gasteiger partial charge < -0.3 is 10.2 Å². The highest BCUT2D eigenvalue weighted by Gasteiger charge is 2.44. The number of aryl methyl sites for hydroxylation is 1. The van der Waals surface area contributed by atoms with Crippen molar-refractivity contribution in [2.75, 3.05) is 19.6 Å². The summed E-state index contributed by atoms with van der Waals surface area (Å²) in [6, 6.07) is 2.46. The van der Waals surface area contributed by atoms with Crippen molar-refractivity contribution in [2.24, 2.45) is 11.8 Å². The maximum absolute atomic E-state index is 12.6. The molecule has 0 saturated carbocycles. The number of amides is 1. The number of carbonyl (C=O) groups is 1. The minimum Gasteiger partial charge on any atom is -0.335 e. The Morgan fingerprint density at radius 3 is 3.11 bits per heavy atom. The SMILES string of the molecule is CCc1ccsc1C(=O)N1CC2CNCC2C1C. The van der Waals surface area contributed by atoms with E-state index in [1.54, 1.807) is 11.3 Å². The number of likely N-dealkylation sites (tertiary alicyclic amines) is 1. The van der Waals surface area contributed by atoms with Gasteiger partial charge >= 0.3 is 0 Å². The minimum atomic E-state index is 0.253. The average Bonchev–Trinajstić information content (AvgIpc) is 3.05. The van der Waals surface area contributed by atoms with Crippen molar-refractivity contribution in [1.29, 1.82) is 0 Å². The van der Waals surface area contributed by atoms with E-state index in [1.165, 1.54) is 5.56 Å². The third kappa shape index (κ3) is 1.79. The second-order valence-corrected chi connectivity index (χ2v) is 6.32. The van der Waals surface area contributed by atoms with E-state index in [0.29, 0.717) is 17.9 Å². The maximum Gasteiger partial charge on any atom is 0.264 e. The van der Waals surface area contributed by atoms with Crippen LogP contribution in [0.15, 0.2) is 11.4 Å². The quantitative estimate of drug-likeness (QED) is 0.886. The lowest BCUT2D eigenvalue weighted by Crippen LogP contribution is -2.38. The zero-order chi connectivity index (χ0) is 12.7. The second-order valence-electron chi connectivity index (χ2n) is 5.41. The molecule has 1 aromatic heterocycles. The summed E-state index contributed by atoms with van der Waals surface area (Å²) < 4.78 is 0. The molecule has 0 aromatic carbocycles. The highest BCUT2D eigenvalue weighted by molar-refractivity contribution is 7.12. The van der Waals surface area contributed by atoms with Gasteiger partial charge in [-0.05, 0) is 42.2 Å². The Kier molecular flexibility index (Phi) is 3.16. The van der Waals surface area contributed by atoms with E-state index in [4.69, 9.17) is 0 Å². The molecule has 1 N–H and O–H groups in total. The number of hydrogen-bond donors (Lipinski definition) is 1. The van der Waals surface area contributed by atoms with Gasteiger partial charge in [0.1, 0.15) is 0 Å². The fourth-order valence-electron chi connectivity index (χ4n) is 3.37. The average molecular weight is 264 g/mol. The number of rotatable bonds is 2. The van der Waals surface area contributed by atoms with Gasteiger partial charge in [-0.25, -0.2) is 0 Å². The number of hydrogen-bond acceptors (Lipinski definition) is 3. The Labute approximate surface area is 112 Å². The molecule has 4 heteroatoms. The lowest BCUT2D eigenvalue weighted by atomic mass is 9.95. The Morgan fingerprint density at radius 1 is 1.56 bits per heavy atom. The molecule has 0 aliphatic carbocycles. The second kappa shape index (κ2) is 4.67. The lowest BCUT2D eigenvalue weighted by Gasteiger charge is -2.24. The van der Waals surface area contributed by atoms with Gasteiger partial charge in [-0.3, -0.25) is 4.79 Å². The zero-order valence-electron chi connectivity index (χ0n) is 11.0. The maximum atomic E-state index is 12.6. The molecule has 3 unspecified atom stereocenters. The minimum absolute atomic E-state index is 0.253. The first-order chi connectivity index (χ1) is 8.72. The molecule has 98 valence electrons. The standard InChI is InChI=1S/C14H20N2OS/c1-3-10-4-5-18-13(10)14(17)16-8-11-6-15-7-12(11)9(16)2/h4-5,9,11-12,15H,3,6-8H2,1-2H3. The molecule has 2 fully saturated rings. The molecule has 3 atom stereocenters. The van der Waals surface area contributed by atoms with Crippen molar-refractivity contribution in [3.05, 3.63) is 21.9 Å². The Hall–Kier alpha value is -0.870. The number of fused-ring (bicyclic) bond motifs is 1. The van der Waals surface area contributed by atoms with Crippen LogP contribution in [0.1, 0.15) is 29.1 Å². The van der Waals surface area contributed by atoms with Crippen LogP contribution in [0.3, 0.4) is 0 Å². The highest BCUT2D eigenvalue weighted by Crippen LogP contribution is 2.34. The van der Waals surface area contributed by atoms with Crippen molar-refractivity contribution in [2.45, 2.75) is 26.3 Å². The summed E-state index contributed by atoms with van der Waals surface area (Å²) in [5.74, 6) is 1.57. The van der Waals surface area contributed by atoms with E-state index in [9.17, 15) is 4.79 Å². The molecule has 1 amide bonds. The molecule has 3 nitrogen and oxygen atoms in total. The third-order valence-electron chi connectivity index (χ3n) is 4.52. The fraction of sp³-hybridized carbons (Fsp3) is 0.643. The predicted octanol–water partition coefficient (Wildman–Crippen LogP) is 1.99. The summed E-state index contributed by atoms with van der Waals surface area (Å²) in [6.07, 6.45) is 0.946. The topological polar surface area (TPSA) is 32.3 Å². The molecule has 2 saturated heterocycles. The van der Waals surface area contributed by atoms with E-state index in [0.717, 1.165) is 30.9 Å². The molecule has 0 spiro atoms. The van der Waals surface area contributed by atoms with Gasteiger partial charge in [0.2, 0.25) is 0 Å². The van der Waals surface area contributed by atoms with Crippen LogP contribution >= 0.6 is 11.3 Å². The molecule has 3 heterocycles. The van der Waals surface area contributed by atoms with Crippen molar-refractivity contribution >= 4 is 17.2 Å². The van der Waals surface area contributed by atoms with Crippen LogP contribution < -0.4 is 5.32 Å². The molecule has 18 heavy (non-hydrogen) atoms. The number of thiophene rings is 1. The van der Waals surface area contributed by atoms with E-state index in [2.05, 4.69) is 30.1 Å². The fourth-order valence-corrected chi connectivity index (χ4v) is 4.32. The van der Waals surface area contributed by atoms with Crippen LogP contribution in [-0.2, 0) is 6.42 Å². The van der Waals surface area contributed by atoms with Crippen LogP contribution in [-0.4, -0.2) is 36.5 Å². The molecule has 1 aromatic rings. The van der Waals surface area contributed by atoms with Gasteiger partial charge in [-0.2, -0.15) is 0 Å². The first-order valence-electron chi connectivity index (χ1n) is 6.80. The van der Waals surface area contributed by atoms with E-state index in [-0.39, 0.29) is 5.91 Å². The number of nitrogens with one attached hydrogen (secondary N) is 1. The molecule has 2 aliphatic heterocycles. The molecule has 3 rings (SSSR count). The van der Waals surface area contributed by atoms with Crippen molar-refractivity contribution in [1.82, 2.24) is 10.2 Å². The Morgan fingerprint density at radius 2 is 2.39 bits per heavy atom. The summed E-state index contributed by atoms with van der Waals surface area (Å²) in [4.78, 5) is 15.7. The summed E-state index contributed by atoms with van der Waals surface area (Å²) in [5, 5.41) is 5.47. The summed E-state index contributed by atoms with van der Waals surface area (Å²) in [7, 11) is 0. The molecule has 0 radical (unpaired) electrons. The van der Waals surface area contributed by atoms with Gasteiger partial charge in [0.05, 0.1) is 4.88 Å². The van der Waals surface area contributed by atoms with Crippen LogP contribution in [0.4, 0.5) is 0 Å². The van der Waals surface area contributed by atoms with Gasteiger partial charge in [0.25, 0.3) is 5.91 Å². The van der Waals surface area contributed by atoms with Gasteiger partial charge in [0, 0.05) is 25.7 Å². The van der Waals surface area contributed by atoms with Crippen LogP contribution in [0.2, 0.25) is 0 Å². The van der Waals surface area contributed by atoms with E-state index < -0.39 is 0 Å². The van der Waals surface area contributed by atoms with Crippen LogP contribution in [0.5, 0.6) is 0 Å². The molecule has 0 bridgehead atoms. The van der Waals surface area contributed by atoms with Crippen LogP contribution in [0, 0.1) is 11.8 Å². The van der Waals surface area contributed by atoms with Gasteiger partial charge in [-0.15, -0.1) is 11.3 Å². The summed E-state index contributed by atoms with van der Waals surface area (Å²) in [6.45, 7) is 7.39. The van der Waals surface area contributed by atoms with Gasteiger partial charge in [-0.1, -0.05) is 6.92 Å². The van der Waals surface area contributed by atoms with Crippen LogP contribution in [0.25, 0.3) is 0 Å². The first-order valence-corrected chi connectivity index (χ1v) is 7.68. The summed E-state index contributed by atoms with van der Waals surface area (Å²) in [5.41, 5.74) is 1.20. The lowest BCUT2D eigenvalue weighted by molar-refractivity contribution is 0.0732. The summed E-state index contributed by atoms with van der Waals surface area (Å²) >= 11 is 1.59. The van der Waals surface area contributed by atoms with Gasteiger partial charge in [0.15, 0.2) is 0 Å². The Balaban J connectivity index is 1.81. The van der Waals surface area contributed by atoms with E-state index in [1.807, 2.05) is 5.38 Å². The normalized spacial score (nSPS) is 30.8. The highest BCUT2D eigenvalue weighted by atomic mass is 32.1. The molecular weight excluding hydrogens is 244 g/mol. The third-order valence-corrected chi connectivity index (χ3v) is 5.46.